The molecule has 0 aliphatic carbocycles. The number of hydrogen-bond donors (Lipinski definition) is 2. The molecule has 1 saturated heterocycles. The molecule has 1 aromatic heterocycles. The van der Waals surface area contributed by atoms with Gasteiger partial charge in [-0.15, -0.1) is 0 Å². The van der Waals surface area contributed by atoms with Crippen LogP contribution in [0.3, 0.4) is 0 Å². The van der Waals surface area contributed by atoms with Gasteiger partial charge in [0.15, 0.2) is 0 Å². The summed E-state index contributed by atoms with van der Waals surface area (Å²) in [4.78, 5) is 26.6. The van der Waals surface area contributed by atoms with Gasteiger partial charge in [-0.3, -0.25) is 9.59 Å². The lowest BCUT2D eigenvalue weighted by Crippen LogP contribution is -2.38. The highest BCUT2D eigenvalue weighted by Gasteiger charge is 2.19. The first-order valence-corrected chi connectivity index (χ1v) is 6.30. The quantitative estimate of drug-likeness (QED) is 0.812. The summed E-state index contributed by atoms with van der Waals surface area (Å²) in [5, 5.41) is 11.1. The molecule has 2 heterocycles. The van der Waals surface area contributed by atoms with Crippen molar-refractivity contribution in [2.24, 2.45) is 0 Å². The number of rotatable bonds is 5. The van der Waals surface area contributed by atoms with Crippen LogP contribution < -0.4 is 10.1 Å². The number of pyridine rings is 1. The Morgan fingerprint density at radius 2 is 2.40 bits per heavy atom. The maximum absolute atomic E-state index is 11.9. The molecule has 1 aliphatic heterocycles. The van der Waals surface area contributed by atoms with Crippen molar-refractivity contribution in [1.82, 2.24) is 10.3 Å². The van der Waals surface area contributed by atoms with Crippen molar-refractivity contribution >= 4 is 11.9 Å². The second kappa shape index (κ2) is 6.33. The maximum atomic E-state index is 11.9. The minimum Gasteiger partial charge on any atom is -0.480 e. The summed E-state index contributed by atoms with van der Waals surface area (Å²) in [6.07, 6.45) is 2.18. The maximum Gasteiger partial charge on any atom is 0.325 e. The van der Waals surface area contributed by atoms with Gasteiger partial charge in [0, 0.05) is 24.2 Å². The molecular weight excluding hydrogens is 264 g/mol. The number of amides is 1. The first-order valence-electron chi connectivity index (χ1n) is 6.30. The fourth-order valence-corrected chi connectivity index (χ4v) is 1.73. The zero-order valence-electron chi connectivity index (χ0n) is 11.0. The third-order valence-corrected chi connectivity index (χ3v) is 2.89. The lowest BCUT2D eigenvalue weighted by molar-refractivity contribution is -0.138. The van der Waals surface area contributed by atoms with E-state index >= 15 is 0 Å². The first kappa shape index (κ1) is 14.3. The number of aromatic nitrogens is 1. The van der Waals surface area contributed by atoms with E-state index in [4.69, 9.17) is 14.6 Å². The number of carboxylic acids is 1. The van der Waals surface area contributed by atoms with Gasteiger partial charge in [0.25, 0.3) is 5.91 Å². The van der Waals surface area contributed by atoms with Crippen LogP contribution in [0.4, 0.5) is 0 Å². The molecule has 7 nitrogen and oxygen atoms in total. The smallest absolute Gasteiger partial charge is 0.325 e. The molecule has 7 heteroatoms. The van der Waals surface area contributed by atoms with Crippen molar-refractivity contribution in [3.63, 3.8) is 0 Å². The molecule has 1 amide bonds. The number of nitrogens with one attached hydrogen (secondary N) is 1. The second-order valence-corrected chi connectivity index (χ2v) is 4.52. The van der Waals surface area contributed by atoms with E-state index in [2.05, 4.69) is 10.3 Å². The van der Waals surface area contributed by atoms with E-state index in [9.17, 15) is 9.59 Å². The standard InChI is InChI=1S/C13H16N2O5/c1-8(13(17)18)15-12(16)9-2-4-14-11(6-9)20-10-3-5-19-7-10/h2,4,6,8,10H,3,5,7H2,1H3,(H,15,16)(H,17,18)/t8-,10?/m0/s1. The van der Waals surface area contributed by atoms with E-state index < -0.39 is 17.9 Å². The third-order valence-electron chi connectivity index (χ3n) is 2.89. The van der Waals surface area contributed by atoms with Crippen LogP contribution in [-0.2, 0) is 9.53 Å². The number of ether oxygens (including phenoxy) is 2. The molecule has 1 aliphatic rings. The predicted molar refractivity (Wildman–Crippen MR) is 68.7 cm³/mol. The van der Waals surface area contributed by atoms with Crippen LogP contribution in [-0.4, -0.2) is 47.3 Å². The monoisotopic (exact) mass is 280 g/mol. The fourth-order valence-electron chi connectivity index (χ4n) is 1.73. The van der Waals surface area contributed by atoms with E-state index in [1.165, 1.54) is 25.3 Å². The van der Waals surface area contributed by atoms with E-state index in [0.717, 1.165) is 6.42 Å². The van der Waals surface area contributed by atoms with Gasteiger partial charge in [0.05, 0.1) is 13.2 Å². The number of carboxylic acid groups (broad SMARTS) is 1. The molecule has 108 valence electrons. The highest BCUT2D eigenvalue weighted by atomic mass is 16.5. The van der Waals surface area contributed by atoms with Crippen LogP contribution in [0.25, 0.3) is 0 Å². The first-order chi connectivity index (χ1) is 9.56. The predicted octanol–water partition coefficient (Wildman–Crippen LogP) is 0.452. The van der Waals surface area contributed by atoms with Crippen molar-refractivity contribution in [1.29, 1.82) is 0 Å². The molecular formula is C13H16N2O5. The molecule has 1 unspecified atom stereocenters. The van der Waals surface area contributed by atoms with Crippen LogP contribution in [0, 0.1) is 0 Å². The molecule has 2 atom stereocenters. The summed E-state index contributed by atoms with van der Waals surface area (Å²) in [6.45, 7) is 2.56. The summed E-state index contributed by atoms with van der Waals surface area (Å²) >= 11 is 0. The summed E-state index contributed by atoms with van der Waals surface area (Å²) in [7, 11) is 0. The summed E-state index contributed by atoms with van der Waals surface area (Å²) in [5.41, 5.74) is 0.307. The summed E-state index contributed by atoms with van der Waals surface area (Å²) in [5.74, 6) is -1.24. The number of aliphatic carboxylic acids is 1. The minimum atomic E-state index is -1.09. The van der Waals surface area contributed by atoms with Crippen LogP contribution in [0.15, 0.2) is 18.3 Å². The summed E-state index contributed by atoms with van der Waals surface area (Å²) in [6, 6.07) is 2.03. The van der Waals surface area contributed by atoms with Gasteiger partial charge in [-0.2, -0.15) is 0 Å². The Labute approximate surface area is 115 Å². The van der Waals surface area contributed by atoms with E-state index in [0.29, 0.717) is 24.7 Å². The van der Waals surface area contributed by atoms with Gasteiger partial charge in [-0.25, -0.2) is 4.98 Å². The molecule has 0 aromatic carbocycles. The van der Waals surface area contributed by atoms with Crippen molar-refractivity contribution in [3.05, 3.63) is 23.9 Å². The normalized spacial score (nSPS) is 19.4. The molecule has 0 saturated carbocycles. The molecule has 2 rings (SSSR count). The van der Waals surface area contributed by atoms with E-state index in [1.807, 2.05) is 0 Å². The van der Waals surface area contributed by atoms with Crippen LogP contribution in [0.1, 0.15) is 23.7 Å². The Kier molecular flexibility index (Phi) is 4.52. The molecule has 0 bridgehead atoms. The number of carbonyl (C=O) groups excluding carboxylic acids is 1. The molecule has 2 N–H and O–H groups in total. The van der Waals surface area contributed by atoms with Crippen LogP contribution in [0.5, 0.6) is 5.88 Å². The lowest BCUT2D eigenvalue weighted by Gasteiger charge is -2.12. The van der Waals surface area contributed by atoms with Crippen molar-refractivity contribution in [2.45, 2.75) is 25.5 Å². The zero-order valence-corrected chi connectivity index (χ0v) is 11.0. The van der Waals surface area contributed by atoms with Gasteiger partial charge in [-0.1, -0.05) is 0 Å². The number of nitrogens with zero attached hydrogens (tertiary/aromatic N) is 1. The third kappa shape index (κ3) is 3.67. The van der Waals surface area contributed by atoms with Gasteiger partial charge in [0.1, 0.15) is 12.1 Å². The number of carbonyl (C=O) groups is 2. The van der Waals surface area contributed by atoms with E-state index in [1.54, 1.807) is 0 Å². The Balaban J connectivity index is 2.01. The van der Waals surface area contributed by atoms with Crippen molar-refractivity contribution < 1.29 is 24.2 Å². The van der Waals surface area contributed by atoms with Gasteiger partial charge < -0.3 is 19.9 Å². The Bertz CT molecular complexity index is 499. The second-order valence-electron chi connectivity index (χ2n) is 4.52. The molecule has 1 fully saturated rings. The fraction of sp³-hybridized carbons (Fsp3) is 0.462. The Morgan fingerprint density at radius 1 is 1.60 bits per heavy atom. The van der Waals surface area contributed by atoms with Gasteiger partial charge >= 0.3 is 5.97 Å². The average molecular weight is 280 g/mol. The minimum absolute atomic E-state index is 0.0567. The lowest BCUT2D eigenvalue weighted by atomic mass is 10.2. The van der Waals surface area contributed by atoms with E-state index in [-0.39, 0.29) is 6.10 Å². The Hall–Kier alpha value is -2.15. The molecule has 1 aromatic rings. The van der Waals surface area contributed by atoms with Crippen LogP contribution >= 0.6 is 0 Å². The SMILES string of the molecule is C[C@H](NC(=O)c1ccnc(OC2CCOC2)c1)C(=O)O. The van der Waals surface area contributed by atoms with Crippen LogP contribution in [0.2, 0.25) is 0 Å². The summed E-state index contributed by atoms with van der Waals surface area (Å²) < 4.78 is 10.8. The molecule has 0 spiro atoms. The average Bonchev–Trinajstić information content (AvgIpc) is 2.91. The van der Waals surface area contributed by atoms with Gasteiger partial charge in [0.2, 0.25) is 5.88 Å². The largest absolute Gasteiger partial charge is 0.480 e. The molecule has 20 heavy (non-hydrogen) atoms. The topological polar surface area (TPSA) is 97.8 Å². The van der Waals surface area contributed by atoms with Crippen molar-refractivity contribution in [3.8, 4) is 5.88 Å². The highest BCUT2D eigenvalue weighted by Crippen LogP contribution is 2.15. The van der Waals surface area contributed by atoms with Gasteiger partial charge in [-0.05, 0) is 13.0 Å². The number of hydrogen-bond acceptors (Lipinski definition) is 5. The van der Waals surface area contributed by atoms with Crippen molar-refractivity contribution in [2.75, 3.05) is 13.2 Å². The molecule has 0 radical (unpaired) electrons. The zero-order chi connectivity index (χ0) is 14.5. The highest BCUT2D eigenvalue weighted by molar-refractivity contribution is 5.96. The Morgan fingerprint density at radius 3 is 3.05 bits per heavy atom.